The molecule has 0 aliphatic rings. The standard InChI is InChI=1S/C13H23N3O2S/c1-3-7-13(10-14)15-19(17,18)16(2)11-12-8-5-4-6-9-12/h4-6,8-9,13,15H,3,7,10-11,14H2,1-2H3. The Kier molecular flexibility index (Phi) is 6.44. The van der Waals surface area contributed by atoms with Crippen LogP contribution in [0.5, 0.6) is 0 Å². The average molecular weight is 285 g/mol. The molecule has 5 nitrogen and oxygen atoms in total. The van der Waals surface area contributed by atoms with Crippen LogP contribution in [-0.4, -0.2) is 32.4 Å². The lowest BCUT2D eigenvalue weighted by Crippen LogP contribution is -2.46. The van der Waals surface area contributed by atoms with Crippen LogP contribution in [0.2, 0.25) is 0 Å². The van der Waals surface area contributed by atoms with Crippen LogP contribution in [0.1, 0.15) is 25.3 Å². The van der Waals surface area contributed by atoms with Gasteiger partial charge in [-0.2, -0.15) is 17.4 Å². The molecule has 6 heteroatoms. The van der Waals surface area contributed by atoms with E-state index in [1.54, 1.807) is 7.05 Å². The van der Waals surface area contributed by atoms with Crippen molar-refractivity contribution in [3.05, 3.63) is 35.9 Å². The number of hydrogen-bond acceptors (Lipinski definition) is 3. The van der Waals surface area contributed by atoms with Crippen molar-refractivity contribution in [3.8, 4) is 0 Å². The first-order chi connectivity index (χ1) is 8.99. The molecule has 0 amide bonds. The highest BCUT2D eigenvalue weighted by atomic mass is 32.2. The third-order valence-electron chi connectivity index (χ3n) is 2.90. The molecule has 0 aliphatic heterocycles. The molecule has 1 atom stereocenters. The van der Waals surface area contributed by atoms with E-state index in [0.29, 0.717) is 13.1 Å². The first-order valence-electron chi connectivity index (χ1n) is 6.47. The molecule has 0 aliphatic carbocycles. The predicted octanol–water partition coefficient (Wildman–Crippen LogP) is 1.08. The van der Waals surface area contributed by atoms with Crippen molar-refractivity contribution in [2.75, 3.05) is 13.6 Å². The zero-order valence-electron chi connectivity index (χ0n) is 11.5. The van der Waals surface area contributed by atoms with E-state index in [1.807, 2.05) is 37.3 Å². The van der Waals surface area contributed by atoms with Crippen LogP contribution in [0.15, 0.2) is 30.3 Å². The summed E-state index contributed by atoms with van der Waals surface area (Å²) in [5.74, 6) is 0. The molecule has 0 heterocycles. The molecule has 0 bridgehead atoms. The number of hydrogen-bond donors (Lipinski definition) is 2. The van der Waals surface area contributed by atoms with Gasteiger partial charge in [0.1, 0.15) is 0 Å². The number of benzene rings is 1. The van der Waals surface area contributed by atoms with Crippen molar-refractivity contribution in [3.63, 3.8) is 0 Å². The molecule has 108 valence electrons. The van der Waals surface area contributed by atoms with Gasteiger partial charge in [-0.15, -0.1) is 0 Å². The largest absolute Gasteiger partial charge is 0.329 e. The minimum absolute atomic E-state index is 0.201. The maximum atomic E-state index is 12.1. The molecule has 0 aromatic heterocycles. The summed E-state index contributed by atoms with van der Waals surface area (Å²) in [5, 5.41) is 0. The highest BCUT2D eigenvalue weighted by Gasteiger charge is 2.21. The maximum absolute atomic E-state index is 12.1. The monoisotopic (exact) mass is 285 g/mol. The van der Waals surface area contributed by atoms with E-state index in [2.05, 4.69) is 4.72 Å². The summed E-state index contributed by atoms with van der Waals surface area (Å²) in [7, 11) is -1.92. The lowest BCUT2D eigenvalue weighted by molar-refractivity contribution is 0.437. The molecule has 19 heavy (non-hydrogen) atoms. The van der Waals surface area contributed by atoms with E-state index in [-0.39, 0.29) is 6.04 Å². The molecule has 3 N–H and O–H groups in total. The van der Waals surface area contributed by atoms with Crippen molar-refractivity contribution in [2.24, 2.45) is 5.73 Å². The summed E-state index contributed by atoms with van der Waals surface area (Å²) in [6, 6.07) is 9.29. The van der Waals surface area contributed by atoms with Crippen LogP contribution in [0.3, 0.4) is 0 Å². The van der Waals surface area contributed by atoms with Crippen LogP contribution in [0, 0.1) is 0 Å². The van der Waals surface area contributed by atoms with Gasteiger partial charge in [-0.3, -0.25) is 0 Å². The SMILES string of the molecule is CCCC(CN)NS(=O)(=O)N(C)Cc1ccccc1. The lowest BCUT2D eigenvalue weighted by Gasteiger charge is -2.22. The third-order valence-corrected chi connectivity index (χ3v) is 4.48. The third kappa shape index (κ3) is 5.28. The van der Waals surface area contributed by atoms with Gasteiger partial charge in [0.25, 0.3) is 10.2 Å². The Bertz CT molecular complexity index is 462. The van der Waals surface area contributed by atoms with Crippen LogP contribution in [-0.2, 0) is 16.8 Å². The Morgan fingerprint density at radius 2 is 1.95 bits per heavy atom. The molecule has 0 saturated heterocycles. The smallest absolute Gasteiger partial charge is 0.279 e. The molecule has 1 unspecified atom stereocenters. The normalized spacial score (nSPS) is 13.7. The van der Waals surface area contributed by atoms with Gasteiger partial charge in [0.2, 0.25) is 0 Å². The molecule has 0 saturated carbocycles. The second kappa shape index (κ2) is 7.59. The lowest BCUT2D eigenvalue weighted by atomic mass is 10.2. The van der Waals surface area contributed by atoms with E-state index >= 15 is 0 Å². The van der Waals surface area contributed by atoms with Gasteiger partial charge in [0.05, 0.1) is 0 Å². The quantitative estimate of drug-likeness (QED) is 0.750. The summed E-state index contributed by atoms with van der Waals surface area (Å²) in [5.41, 5.74) is 6.53. The number of nitrogens with two attached hydrogens (primary N) is 1. The van der Waals surface area contributed by atoms with Crippen molar-refractivity contribution >= 4 is 10.2 Å². The zero-order valence-corrected chi connectivity index (χ0v) is 12.4. The van der Waals surface area contributed by atoms with Gasteiger partial charge >= 0.3 is 0 Å². The Balaban J connectivity index is 2.66. The van der Waals surface area contributed by atoms with Gasteiger partial charge in [0.15, 0.2) is 0 Å². The maximum Gasteiger partial charge on any atom is 0.279 e. The Labute approximate surface area is 116 Å². The van der Waals surface area contributed by atoms with Crippen molar-refractivity contribution < 1.29 is 8.42 Å². The van der Waals surface area contributed by atoms with Crippen LogP contribution < -0.4 is 10.5 Å². The van der Waals surface area contributed by atoms with E-state index in [0.717, 1.165) is 18.4 Å². The van der Waals surface area contributed by atoms with Crippen molar-refractivity contribution in [1.82, 2.24) is 9.03 Å². The second-order valence-corrected chi connectivity index (χ2v) is 6.40. The predicted molar refractivity (Wildman–Crippen MR) is 77.7 cm³/mol. The fraction of sp³-hybridized carbons (Fsp3) is 0.538. The molecular weight excluding hydrogens is 262 g/mol. The van der Waals surface area contributed by atoms with E-state index in [4.69, 9.17) is 5.73 Å². The zero-order chi connectivity index (χ0) is 14.3. The van der Waals surface area contributed by atoms with Crippen LogP contribution in [0.25, 0.3) is 0 Å². The first-order valence-corrected chi connectivity index (χ1v) is 7.91. The molecule has 0 radical (unpaired) electrons. The van der Waals surface area contributed by atoms with E-state index < -0.39 is 10.2 Å². The number of nitrogens with zero attached hydrogens (tertiary/aromatic N) is 1. The fourth-order valence-corrected chi connectivity index (χ4v) is 2.93. The van der Waals surface area contributed by atoms with Gasteiger partial charge in [-0.05, 0) is 12.0 Å². The Morgan fingerprint density at radius 1 is 1.32 bits per heavy atom. The number of rotatable bonds is 8. The van der Waals surface area contributed by atoms with Crippen molar-refractivity contribution in [1.29, 1.82) is 0 Å². The second-order valence-electron chi connectivity index (χ2n) is 4.59. The average Bonchev–Trinajstić information content (AvgIpc) is 2.39. The molecule has 0 spiro atoms. The van der Waals surface area contributed by atoms with Crippen LogP contribution in [0.4, 0.5) is 0 Å². The first kappa shape index (κ1) is 16.1. The summed E-state index contributed by atoms with van der Waals surface area (Å²) in [6.45, 7) is 2.66. The van der Waals surface area contributed by atoms with Gasteiger partial charge in [-0.25, -0.2) is 0 Å². The number of nitrogens with one attached hydrogen (secondary N) is 1. The van der Waals surface area contributed by atoms with E-state index in [1.165, 1.54) is 4.31 Å². The highest BCUT2D eigenvalue weighted by Crippen LogP contribution is 2.07. The summed E-state index contributed by atoms with van der Waals surface area (Å²) >= 11 is 0. The minimum atomic E-state index is -3.49. The molecule has 1 rings (SSSR count). The Morgan fingerprint density at radius 3 is 2.47 bits per heavy atom. The minimum Gasteiger partial charge on any atom is -0.329 e. The summed E-state index contributed by atoms with van der Waals surface area (Å²) < 4.78 is 28.2. The molecule has 1 aromatic rings. The van der Waals surface area contributed by atoms with Gasteiger partial charge in [-0.1, -0.05) is 43.7 Å². The summed E-state index contributed by atoms with van der Waals surface area (Å²) in [6.07, 6.45) is 1.64. The molecule has 0 fully saturated rings. The van der Waals surface area contributed by atoms with Crippen molar-refractivity contribution in [2.45, 2.75) is 32.4 Å². The summed E-state index contributed by atoms with van der Waals surface area (Å²) in [4.78, 5) is 0. The van der Waals surface area contributed by atoms with E-state index in [9.17, 15) is 8.42 Å². The Hall–Kier alpha value is -0.950. The topological polar surface area (TPSA) is 75.4 Å². The van der Waals surface area contributed by atoms with Gasteiger partial charge < -0.3 is 5.73 Å². The fourth-order valence-electron chi connectivity index (χ4n) is 1.80. The molecular formula is C13H23N3O2S. The highest BCUT2D eigenvalue weighted by molar-refractivity contribution is 7.87. The van der Waals surface area contributed by atoms with Crippen LogP contribution >= 0.6 is 0 Å². The molecule has 1 aromatic carbocycles. The van der Waals surface area contributed by atoms with Gasteiger partial charge in [0, 0.05) is 26.2 Å².